The lowest BCUT2D eigenvalue weighted by Crippen LogP contribution is -2.45. The van der Waals surface area contributed by atoms with Crippen LogP contribution in [0.1, 0.15) is 22.7 Å². The molecule has 0 radical (unpaired) electrons. The number of rotatable bonds is 4. The number of allylic oxidation sites excluding steroid dienone is 1. The molecule has 2 aliphatic rings. The lowest BCUT2D eigenvalue weighted by molar-refractivity contribution is 0.114. The van der Waals surface area contributed by atoms with Crippen LogP contribution in [-0.4, -0.2) is 42.3 Å². The second-order valence-electron chi connectivity index (χ2n) is 7.75. The first kappa shape index (κ1) is 19.3. The van der Waals surface area contributed by atoms with E-state index in [1.165, 1.54) is 27.8 Å². The first-order valence-corrected chi connectivity index (χ1v) is 11.2. The highest BCUT2D eigenvalue weighted by atomic mass is 79.9. The van der Waals surface area contributed by atoms with Crippen molar-refractivity contribution < 1.29 is 0 Å². The maximum atomic E-state index is 4.70. The van der Waals surface area contributed by atoms with Crippen LogP contribution in [0.5, 0.6) is 0 Å². The number of piperazine rings is 1. The van der Waals surface area contributed by atoms with Gasteiger partial charge >= 0.3 is 0 Å². The molecule has 1 aliphatic carbocycles. The van der Waals surface area contributed by atoms with Crippen molar-refractivity contribution in [3.8, 4) is 11.1 Å². The van der Waals surface area contributed by atoms with E-state index < -0.39 is 0 Å². The molecule has 1 saturated heterocycles. The summed E-state index contributed by atoms with van der Waals surface area (Å²) in [6.45, 7) is 3.88. The van der Waals surface area contributed by atoms with Crippen molar-refractivity contribution >= 4 is 28.2 Å². The summed E-state index contributed by atoms with van der Waals surface area (Å²) in [4.78, 5) is 2.60. The number of hydrogen-bond acceptors (Lipinski definition) is 3. The Bertz CT molecular complexity index is 1040. The molecule has 0 unspecified atom stereocenters. The van der Waals surface area contributed by atoms with Gasteiger partial charge in [0.05, 0.1) is 12.3 Å². The third kappa shape index (κ3) is 3.85. The van der Waals surface area contributed by atoms with E-state index in [1.807, 2.05) is 24.4 Å². The number of halogens is 1. The van der Waals surface area contributed by atoms with E-state index in [1.54, 1.807) is 0 Å². The molecule has 0 amide bonds. The molecule has 0 spiro atoms. The van der Waals surface area contributed by atoms with Gasteiger partial charge in [0.2, 0.25) is 0 Å². The SMILES string of the molecule is BrC(/C=N\N1CCN(C2c3ccccc3-c3ccccc32)CC1)=C\c1ccccc1. The summed E-state index contributed by atoms with van der Waals surface area (Å²) in [7, 11) is 0. The maximum Gasteiger partial charge on any atom is 0.0615 e. The molecule has 150 valence electrons. The Labute approximate surface area is 186 Å². The molecule has 0 atom stereocenters. The third-order valence-electron chi connectivity index (χ3n) is 5.91. The smallest absolute Gasteiger partial charge is 0.0615 e. The van der Waals surface area contributed by atoms with Crippen LogP contribution in [0.25, 0.3) is 17.2 Å². The number of fused-ring (bicyclic) bond motifs is 3. The third-order valence-corrected chi connectivity index (χ3v) is 6.34. The molecule has 0 saturated carbocycles. The summed E-state index contributed by atoms with van der Waals surface area (Å²) in [6.07, 6.45) is 4.00. The molecular formula is C26H24BrN3. The Morgan fingerprint density at radius 3 is 1.97 bits per heavy atom. The van der Waals surface area contributed by atoms with Gasteiger partial charge in [0.15, 0.2) is 0 Å². The summed E-state index contributed by atoms with van der Waals surface area (Å²) in [5.74, 6) is 0. The quantitative estimate of drug-likeness (QED) is 0.461. The Balaban J connectivity index is 1.27. The average Bonchev–Trinajstić information content (AvgIpc) is 3.13. The first-order chi connectivity index (χ1) is 14.8. The zero-order valence-corrected chi connectivity index (χ0v) is 18.4. The van der Waals surface area contributed by atoms with Crippen LogP contribution in [0, 0.1) is 0 Å². The van der Waals surface area contributed by atoms with E-state index in [4.69, 9.17) is 5.10 Å². The molecule has 3 nitrogen and oxygen atoms in total. The molecule has 0 bridgehead atoms. The molecular weight excluding hydrogens is 434 g/mol. The summed E-state index contributed by atoms with van der Waals surface area (Å²) in [5.41, 5.74) is 6.80. The Morgan fingerprint density at radius 2 is 1.33 bits per heavy atom. The van der Waals surface area contributed by atoms with Crippen molar-refractivity contribution in [1.29, 1.82) is 0 Å². The molecule has 5 rings (SSSR count). The van der Waals surface area contributed by atoms with Gasteiger partial charge < -0.3 is 0 Å². The monoisotopic (exact) mass is 457 g/mol. The molecule has 4 heteroatoms. The molecule has 0 N–H and O–H groups in total. The minimum atomic E-state index is 0.355. The van der Waals surface area contributed by atoms with Gasteiger partial charge in [0.1, 0.15) is 0 Å². The zero-order valence-electron chi connectivity index (χ0n) is 16.8. The van der Waals surface area contributed by atoms with Crippen LogP contribution in [-0.2, 0) is 0 Å². The van der Waals surface area contributed by atoms with Crippen molar-refractivity contribution in [3.63, 3.8) is 0 Å². The molecule has 1 aliphatic heterocycles. The largest absolute Gasteiger partial charge is 0.294 e. The van der Waals surface area contributed by atoms with Gasteiger partial charge in [-0.3, -0.25) is 9.91 Å². The minimum Gasteiger partial charge on any atom is -0.294 e. The van der Waals surface area contributed by atoms with E-state index in [9.17, 15) is 0 Å². The van der Waals surface area contributed by atoms with Gasteiger partial charge in [-0.15, -0.1) is 0 Å². The van der Waals surface area contributed by atoms with Crippen LogP contribution in [0.4, 0.5) is 0 Å². The van der Waals surface area contributed by atoms with Gasteiger partial charge in [0, 0.05) is 30.7 Å². The maximum absolute atomic E-state index is 4.70. The first-order valence-electron chi connectivity index (χ1n) is 10.4. The fourth-order valence-electron chi connectivity index (χ4n) is 4.49. The van der Waals surface area contributed by atoms with E-state index in [-0.39, 0.29) is 0 Å². The number of hydrazone groups is 1. The van der Waals surface area contributed by atoms with E-state index in [2.05, 4.69) is 92.6 Å². The lowest BCUT2D eigenvalue weighted by Gasteiger charge is -2.37. The van der Waals surface area contributed by atoms with Crippen LogP contribution < -0.4 is 0 Å². The van der Waals surface area contributed by atoms with Crippen molar-refractivity contribution in [1.82, 2.24) is 9.91 Å². The van der Waals surface area contributed by atoms with Crippen LogP contribution in [0.15, 0.2) is 88.4 Å². The van der Waals surface area contributed by atoms with Gasteiger partial charge in [-0.05, 0) is 49.8 Å². The minimum absolute atomic E-state index is 0.355. The molecule has 0 aromatic heterocycles. The van der Waals surface area contributed by atoms with Crippen LogP contribution in [0.2, 0.25) is 0 Å². The van der Waals surface area contributed by atoms with E-state index >= 15 is 0 Å². The molecule has 3 aromatic rings. The van der Waals surface area contributed by atoms with Crippen LogP contribution >= 0.6 is 15.9 Å². The van der Waals surface area contributed by atoms with Crippen molar-refractivity contribution in [2.45, 2.75) is 6.04 Å². The van der Waals surface area contributed by atoms with Gasteiger partial charge in [-0.2, -0.15) is 5.10 Å². The Hall–Kier alpha value is -2.69. The average molecular weight is 458 g/mol. The number of benzene rings is 3. The van der Waals surface area contributed by atoms with E-state index in [0.29, 0.717) is 6.04 Å². The van der Waals surface area contributed by atoms with Crippen molar-refractivity contribution in [3.05, 3.63) is 100 Å². The molecule has 1 heterocycles. The lowest BCUT2D eigenvalue weighted by atomic mass is 10.0. The summed E-state index contributed by atoms with van der Waals surface area (Å²) < 4.78 is 0.981. The molecule has 30 heavy (non-hydrogen) atoms. The summed E-state index contributed by atoms with van der Waals surface area (Å²) >= 11 is 3.62. The predicted octanol–water partition coefficient (Wildman–Crippen LogP) is 5.80. The van der Waals surface area contributed by atoms with Gasteiger partial charge in [-0.25, -0.2) is 0 Å². The summed E-state index contributed by atoms with van der Waals surface area (Å²) in [6, 6.07) is 28.3. The second kappa shape index (κ2) is 8.58. The van der Waals surface area contributed by atoms with Gasteiger partial charge in [0.25, 0.3) is 0 Å². The summed E-state index contributed by atoms with van der Waals surface area (Å²) in [5, 5.41) is 6.87. The topological polar surface area (TPSA) is 18.8 Å². The van der Waals surface area contributed by atoms with Crippen molar-refractivity contribution in [2.24, 2.45) is 5.10 Å². The fraction of sp³-hybridized carbons (Fsp3) is 0.192. The highest BCUT2D eigenvalue weighted by Gasteiger charge is 2.33. The normalized spacial score (nSPS) is 17.4. The van der Waals surface area contributed by atoms with E-state index in [0.717, 1.165) is 30.7 Å². The second-order valence-corrected chi connectivity index (χ2v) is 8.67. The predicted molar refractivity (Wildman–Crippen MR) is 129 cm³/mol. The molecule has 1 fully saturated rings. The Kier molecular flexibility index (Phi) is 5.52. The fourth-order valence-corrected chi connectivity index (χ4v) is 4.85. The highest BCUT2D eigenvalue weighted by Crippen LogP contribution is 2.46. The van der Waals surface area contributed by atoms with Crippen molar-refractivity contribution in [2.75, 3.05) is 26.2 Å². The zero-order chi connectivity index (χ0) is 20.3. The standard InChI is InChI=1S/C26H24BrN3/c27-21(18-20-8-2-1-3-9-20)19-28-30-16-14-29(15-17-30)26-24-12-6-4-10-22(24)23-11-5-7-13-25(23)26/h1-13,18-19,26H,14-17H2/b21-18-,28-19-. The Morgan fingerprint density at radius 1 is 0.767 bits per heavy atom. The number of hydrogen-bond donors (Lipinski definition) is 0. The molecule has 3 aromatic carbocycles. The van der Waals surface area contributed by atoms with Crippen LogP contribution in [0.3, 0.4) is 0 Å². The van der Waals surface area contributed by atoms with Gasteiger partial charge in [-0.1, -0.05) is 78.9 Å². The number of nitrogens with zero attached hydrogens (tertiary/aromatic N) is 3. The highest BCUT2D eigenvalue weighted by molar-refractivity contribution is 9.12.